The highest BCUT2D eigenvalue weighted by atomic mass is 16.5. The van der Waals surface area contributed by atoms with Crippen molar-refractivity contribution >= 4 is 17.3 Å². The molecule has 2 heterocycles. The van der Waals surface area contributed by atoms with Gasteiger partial charge in [-0.3, -0.25) is 4.79 Å². The van der Waals surface area contributed by atoms with Gasteiger partial charge in [0.05, 0.1) is 32.2 Å². The Balaban J connectivity index is 1.59. The summed E-state index contributed by atoms with van der Waals surface area (Å²) in [7, 11) is 3.19. The number of benzene rings is 1. The molecule has 138 valence electrons. The van der Waals surface area contributed by atoms with Crippen LogP contribution in [0.2, 0.25) is 0 Å². The minimum atomic E-state index is -0.196. The Labute approximate surface area is 152 Å². The second-order valence-corrected chi connectivity index (χ2v) is 5.97. The first-order valence-corrected chi connectivity index (χ1v) is 8.54. The number of hydrogen-bond acceptors (Lipinski definition) is 6. The molecule has 1 amide bonds. The summed E-state index contributed by atoms with van der Waals surface area (Å²) in [5.74, 6) is 1.10. The largest absolute Gasteiger partial charge is 0.493 e. The monoisotopic (exact) mass is 357 g/mol. The summed E-state index contributed by atoms with van der Waals surface area (Å²) >= 11 is 0. The second kappa shape index (κ2) is 8.53. The average molecular weight is 357 g/mol. The van der Waals surface area contributed by atoms with Crippen molar-refractivity contribution in [3.63, 3.8) is 0 Å². The van der Waals surface area contributed by atoms with Crippen LogP contribution in [-0.2, 0) is 4.74 Å². The Morgan fingerprint density at radius 1 is 1.19 bits per heavy atom. The number of amides is 1. The molecule has 7 heteroatoms. The lowest BCUT2D eigenvalue weighted by atomic mass is 10.2. The minimum absolute atomic E-state index is 0.116. The molecule has 0 bridgehead atoms. The highest BCUT2D eigenvalue weighted by Crippen LogP contribution is 2.30. The molecule has 1 atom stereocenters. The molecule has 0 radical (unpaired) electrons. The van der Waals surface area contributed by atoms with Gasteiger partial charge < -0.3 is 24.8 Å². The van der Waals surface area contributed by atoms with Crippen molar-refractivity contribution in [2.75, 3.05) is 32.7 Å². The van der Waals surface area contributed by atoms with Crippen LogP contribution in [0.4, 0.5) is 11.4 Å². The topological polar surface area (TPSA) is 81.7 Å². The Bertz CT molecular complexity index is 743. The van der Waals surface area contributed by atoms with Crippen molar-refractivity contribution in [2.45, 2.75) is 18.9 Å². The maximum absolute atomic E-state index is 12.1. The number of aromatic nitrogens is 1. The third-order valence-corrected chi connectivity index (χ3v) is 4.18. The first-order valence-electron chi connectivity index (χ1n) is 8.54. The molecule has 1 aromatic carbocycles. The molecule has 0 saturated carbocycles. The molecule has 1 saturated heterocycles. The highest BCUT2D eigenvalue weighted by molar-refractivity contribution is 5.92. The van der Waals surface area contributed by atoms with E-state index in [4.69, 9.17) is 14.2 Å². The Morgan fingerprint density at radius 2 is 2.00 bits per heavy atom. The molecule has 7 nitrogen and oxygen atoms in total. The van der Waals surface area contributed by atoms with E-state index in [1.54, 1.807) is 26.5 Å². The zero-order chi connectivity index (χ0) is 18.4. The lowest BCUT2D eigenvalue weighted by molar-refractivity contribution is 0.0854. The first kappa shape index (κ1) is 18.0. The lowest BCUT2D eigenvalue weighted by Crippen LogP contribution is -2.32. The predicted molar refractivity (Wildman–Crippen MR) is 98.4 cm³/mol. The number of pyridine rings is 1. The van der Waals surface area contributed by atoms with E-state index in [0.29, 0.717) is 23.7 Å². The highest BCUT2D eigenvalue weighted by Gasteiger charge is 2.17. The number of anilines is 2. The van der Waals surface area contributed by atoms with Crippen molar-refractivity contribution in [3.8, 4) is 11.5 Å². The third kappa shape index (κ3) is 4.43. The first-order chi connectivity index (χ1) is 12.7. The van der Waals surface area contributed by atoms with E-state index < -0.39 is 0 Å². The average Bonchev–Trinajstić information content (AvgIpc) is 3.20. The number of nitrogens with zero attached hydrogens (tertiary/aromatic N) is 1. The summed E-state index contributed by atoms with van der Waals surface area (Å²) < 4.78 is 16.0. The molecule has 1 fully saturated rings. The minimum Gasteiger partial charge on any atom is -0.493 e. The van der Waals surface area contributed by atoms with Gasteiger partial charge in [0, 0.05) is 24.9 Å². The van der Waals surface area contributed by atoms with Crippen LogP contribution in [0.5, 0.6) is 11.5 Å². The summed E-state index contributed by atoms with van der Waals surface area (Å²) in [6.07, 6.45) is 3.78. The van der Waals surface area contributed by atoms with E-state index in [-0.39, 0.29) is 12.0 Å². The quantitative estimate of drug-likeness (QED) is 0.793. The second-order valence-electron chi connectivity index (χ2n) is 5.97. The van der Waals surface area contributed by atoms with Crippen LogP contribution >= 0.6 is 0 Å². The van der Waals surface area contributed by atoms with Gasteiger partial charge in [0.25, 0.3) is 5.91 Å². The van der Waals surface area contributed by atoms with Gasteiger partial charge in [0.15, 0.2) is 11.5 Å². The number of hydrogen-bond donors (Lipinski definition) is 2. The van der Waals surface area contributed by atoms with Gasteiger partial charge in [0.1, 0.15) is 5.69 Å². The van der Waals surface area contributed by atoms with Crippen molar-refractivity contribution in [1.29, 1.82) is 0 Å². The summed E-state index contributed by atoms with van der Waals surface area (Å²) in [5.41, 5.74) is 1.98. The molecule has 0 spiro atoms. The van der Waals surface area contributed by atoms with Crippen molar-refractivity contribution in [1.82, 2.24) is 10.3 Å². The number of ether oxygens (including phenoxy) is 3. The maximum atomic E-state index is 12.1. The molecular weight excluding hydrogens is 334 g/mol. The van der Waals surface area contributed by atoms with Gasteiger partial charge in [-0.1, -0.05) is 0 Å². The molecule has 1 aliphatic rings. The molecule has 1 aliphatic heterocycles. The van der Waals surface area contributed by atoms with Crippen LogP contribution in [0.1, 0.15) is 23.3 Å². The summed E-state index contributed by atoms with van der Waals surface area (Å²) in [5, 5.41) is 6.08. The third-order valence-electron chi connectivity index (χ3n) is 4.18. The van der Waals surface area contributed by atoms with Crippen molar-refractivity contribution in [3.05, 3.63) is 42.2 Å². The van der Waals surface area contributed by atoms with Gasteiger partial charge in [0.2, 0.25) is 0 Å². The number of carbonyl (C=O) groups excluding carboxylic acids is 1. The fraction of sp³-hybridized carbons (Fsp3) is 0.368. The summed E-state index contributed by atoms with van der Waals surface area (Å²) in [6.45, 7) is 1.29. The smallest absolute Gasteiger partial charge is 0.269 e. The lowest BCUT2D eigenvalue weighted by Gasteiger charge is -2.12. The SMILES string of the molecule is COc1ccc(Nc2ccc(C(=O)NCC3CCCO3)nc2)cc1OC. The van der Waals surface area contributed by atoms with Crippen LogP contribution in [0.3, 0.4) is 0 Å². The predicted octanol–water partition coefficient (Wildman–Crippen LogP) is 2.75. The van der Waals surface area contributed by atoms with Gasteiger partial charge in [-0.05, 0) is 37.1 Å². The Hall–Kier alpha value is -2.80. The summed E-state index contributed by atoms with van der Waals surface area (Å²) in [4.78, 5) is 16.4. The van der Waals surface area contributed by atoms with E-state index >= 15 is 0 Å². The molecule has 2 aromatic rings. The maximum Gasteiger partial charge on any atom is 0.269 e. The number of rotatable bonds is 7. The standard InChI is InChI=1S/C19H23N3O4/c1-24-17-8-6-13(10-18(17)25-2)22-14-5-7-16(20-11-14)19(23)21-12-15-4-3-9-26-15/h5-8,10-11,15,22H,3-4,9,12H2,1-2H3,(H,21,23). The van der Waals surface area contributed by atoms with Crippen LogP contribution in [0, 0.1) is 0 Å². The van der Waals surface area contributed by atoms with E-state index in [1.165, 1.54) is 0 Å². The number of carbonyl (C=O) groups is 1. The van der Waals surface area contributed by atoms with Gasteiger partial charge in [-0.2, -0.15) is 0 Å². The number of methoxy groups -OCH3 is 2. The summed E-state index contributed by atoms with van der Waals surface area (Å²) in [6, 6.07) is 9.03. The van der Waals surface area contributed by atoms with E-state index in [9.17, 15) is 4.79 Å². The molecular formula is C19H23N3O4. The van der Waals surface area contributed by atoms with Crippen molar-refractivity contribution < 1.29 is 19.0 Å². The molecule has 0 aliphatic carbocycles. The fourth-order valence-corrected chi connectivity index (χ4v) is 2.79. The van der Waals surface area contributed by atoms with E-state index in [1.807, 2.05) is 24.3 Å². The van der Waals surface area contributed by atoms with Gasteiger partial charge in [-0.15, -0.1) is 0 Å². The Kier molecular flexibility index (Phi) is 5.91. The zero-order valence-corrected chi connectivity index (χ0v) is 15.0. The zero-order valence-electron chi connectivity index (χ0n) is 15.0. The molecule has 2 N–H and O–H groups in total. The molecule has 1 unspecified atom stereocenters. The van der Waals surface area contributed by atoms with Gasteiger partial charge >= 0.3 is 0 Å². The molecule has 3 rings (SSSR count). The van der Waals surface area contributed by atoms with Crippen LogP contribution < -0.4 is 20.1 Å². The molecule has 1 aromatic heterocycles. The van der Waals surface area contributed by atoms with Crippen LogP contribution in [0.15, 0.2) is 36.5 Å². The number of nitrogens with one attached hydrogen (secondary N) is 2. The Morgan fingerprint density at radius 3 is 2.65 bits per heavy atom. The van der Waals surface area contributed by atoms with Gasteiger partial charge in [-0.25, -0.2) is 4.98 Å². The molecule has 26 heavy (non-hydrogen) atoms. The fourth-order valence-electron chi connectivity index (χ4n) is 2.79. The van der Waals surface area contributed by atoms with E-state index in [2.05, 4.69) is 15.6 Å². The van der Waals surface area contributed by atoms with Crippen LogP contribution in [0.25, 0.3) is 0 Å². The van der Waals surface area contributed by atoms with E-state index in [0.717, 1.165) is 30.8 Å². The van der Waals surface area contributed by atoms with Crippen molar-refractivity contribution in [2.24, 2.45) is 0 Å². The normalized spacial score (nSPS) is 16.2. The van der Waals surface area contributed by atoms with Crippen LogP contribution in [-0.4, -0.2) is 44.4 Å².